The van der Waals surface area contributed by atoms with Gasteiger partial charge in [-0.05, 0) is 52.9 Å². The van der Waals surface area contributed by atoms with E-state index in [1.807, 2.05) is 18.2 Å². The minimum atomic E-state index is -0.256. The maximum Gasteiger partial charge on any atom is 0.132 e. The number of aromatic nitrogens is 1. The molecule has 0 fully saturated rings. The van der Waals surface area contributed by atoms with Gasteiger partial charge in [0.1, 0.15) is 16.6 Å². The molecule has 0 saturated carbocycles. The zero-order valence-corrected chi connectivity index (χ0v) is 13.0. The van der Waals surface area contributed by atoms with Crippen LogP contribution in [0.2, 0.25) is 0 Å². The molecule has 0 unspecified atom stereocenters. The van der Waals surface area contributed by atoms with Crippen molar-refractivity contribution in [1.82, 2.24) is 4.98 Å². The second-order valence-corrected chi connectivity index (χ2v) is 6.17. The van der Waals surface area contributed by atoms with E-state index in [0.29, 0.717) is 5.52 Å². The average Bonchev–Trinajstić information content (AvgIpc) is 2.81. The van der Waals surface area contributed by atoms with Crippen LogP contribution in [0.4, 0.5) is 4.39 Å². The van der Waals surface area contributed by atoms with Gasteiger partial charge in [-0.2, -0.15) is 0 Å². The molecular formula is C14H9FINOS. The highest BCUT2D eigenvalue weighted by molar-refractivity contribution is 14.1. The van der Waals surface area contributed by atoms with Crippen LogP contribution in [0.3, 0.4) is 0 Å². The lowest BCUT2D eigenvalue weighted by Crippen LogP contribution is -1.87. The summed E-state index contributed by atoms with van der Waals surface area (Å²) in [7, 11) is 1.65. The molecule has 3 rings (SSSR count). The largest absolute Gasteiger partial charge is 0.496 e. The zero-order valence-electron chi connectivity index (χ0n) is 9.98. The van der Waals surface area contributed by atoms with Crippen molar-refractivity contribution in [2.75, 3.05) is 7.11 Å². The monoisotopic (exact) mass is 385 g/mol. The molecule has 0 aliphatic rings. The number of benzene rings is 2. The number of hydrogen-bond acceptors (Lipinski definition) is 3. The third-order valence-corrected chi connectivity index (χ3v) is 4.68. The Morgan fingerprint density at radius 3 is 2.79 bits per heavy atom. The molecule has 0 amide bonds. The van der Waals surface area contributed by atoms with Gasteiger partial charge >= 0.3 is 0 Å². The van der Waals surface area contributed by atoms with E-state index in [4.69, 9.17) is 4.74 Å². The van der Waals surface area contributed by atoms with Crippen LogP contribution >= 0.6 is 33.9 Å². The summed E-state index contributed by atoms with van der Waals surface area (Å²) in [5.41, 5.74) is 1.72. The molecule has 0 N–H and O–H groups in total. The van der Waals surface area contributed by atoms with Gasteiger partial charge in [-0.25, -0.2) is 9.37 Å². The molecule has 0 aliphatic heterocycles. The highest BCUT2D eigenvalue weighted by Crippen LogP contribution is 2.33. The highest BCUT2D eigenvalue weighted by atomic mass is 127. The van der Waals surface area contributed by atoms with Crippen LogP contribution in [-0.2, 0) is 0 Å². The van der Waals surface area contributed by atoms with Gasteiger partial charge in [0.05, 0.1) is 20.9 Å². The number of thiazole rings is 1. The number of fused-ring (bicyclic) bond motifs is 1. The molecule has 0 atom stereocenters. The van der Waals surface area contributed by atoms with E-state index < -0.39 is 0 Å². The Labute approximate surface area is 127 Å². The third-order valence-electron chi connectivity index (χ3n) is 2.75. The van der Waals surface area contributed by atoms with Gasteiger partial charge in [0, 0.05) is 11.6 Å². The molecule has 0 spiro atoms. The van der Waals surface area contributed by atoms with Gasteiger partial charge in [0.2, 0.25) is 0 Å². The van der Waals surface area contributed by atoms with Crippen LogP contribution in [0.15, 0.2) is 36.4 Å². The van der Waals surface area contributed by atoms with Gasteiger partial charge in [-0.15, -0.1) is 11.3 Å². The van der Waals surface area contributed by atoms with Crippen molar-refractivity contribution < 1.29 is 9.13 Å². The Bertz CT molecular complexity index is 756. The van der Waals surface area contributed by atoms with Crippen LogP contribution in [0, 0.1) is 9.39 Å². The fourth-order valence-corrected chi connectivity index (χ4v) is 3.50. The van der Waals surface area contributed by atoms with E-state index in [1.165, 1.54) is 12.1 Å². The van der Waals surface area contributed by atoms with Crippen molar-refractivity contribution in [2.24, 2.45) is 0 Å². The molecule has 2 nitrogen and oxygen atoms in total. The molecule has 19 heavy (non-hydrogen) atoms. The number of rotatable bonds is 2. The quantitative estimate of drug-likeness (QED) is 0.596. The maximum absolute atomic E-state index is 13.2. The normalized spacial score (nSPS) is 10.9. The first kappa shape index (κ1) is 12.8. The van der Waals surface area contributed by atoms with Crippen LogP contribution in [0.25, 0.3) is 20.8 Å². The topological polar surface area (TPSA) is 22.1 Å². The molecule has 2 aromatic carbocycles. The van der Waals surface area contributed by atoms with Gasteiger partial charge in [0.15, 0.2) is 0 Å². The van der Waals surface area contributed by atoms with Crippen LogP contribution < -0.4 is 4.74 Å². The predicted octanol–water partition coefficient (Wildman–Crippen LogP) is 4.72. The van der Waals surface area contributed by atoms with Crippen molar-refractivity contribution in [3.63, 3.8) is 0 Å². The lowest BCUT2D eigenvalue weighted by atomic mass is 10.2. The van der Waals surface area contributed by atoms with Crippen LogP contribution in [0.5, 0.6) is 5.75 Å². The average molecular weight is 385 g/mol. The molecular weight excluding hydrogens is 376 g/mol. The summed E-state index contributed by atoms with van der Waals surface area (Å²) < 4.78 is 20.4. The molecule has 0 radical (unpaired) electrons. The van der Waals surface area contributed by atoms with Crippen molar-refractivity contribution in [1.29, 1.82) is 0 Å². The summed E-state index contributed by atoms with van der Waals surface area (Å²) in [6.45, 7) is 0. The summed E-state index contributed by atoms with van der Waals surface area (Å²) in [5.74, 6) is 0.588. The van der Waals surface area contributed by atoms with Crippen LogP contribution in [0.1, 0.15) is 0 Å². The summed E-state index contributed by atoms with van der Waals surface area (Å²) in [6.07, 6.45) is 0. The summed E-state index contributed by atoms with van der Waals surface area (Å²) in [6, 6.07) is 10.6. The lowest BCUT2D eigenvalue weighted by Gasteiger charge is -2.04. The summed E-state index contributed by atoms with van der Waals surface area (Å²) in [5, 5.41) is 0.890. The number of hydrogen-bond donors (Lipinski definition) is 0. The van der Waals surface area contributed by atoms with E-state index in [9.17, 15) is 4.39 Å². The SMILES string of the molecule is COc1ccc(-c2nc3cc(F)ccc3s2)cc1I. The second-order valence-electron chi connectivity index (χ2n) is 3.98. The Kier molecular flexibility index (Phi) is 3.40. The Hall–Kier alpha value is -1.21. The van der Waals surface area contributed by atoms with Gasteiger partial charge in [-0.3, -0.25) is 0 Å². The van der Waals surface area contributed by atoms with E-state index in [-0.39, 0.29) is 5.82 Å². The Morgan fingerprint density at radius 1 is 1.21 bits per heavy atom. The second kappa shape index (κ2) is 5.05. The Balaban J connectivity index is 2.11. The molecule has 5 heteroatoms. The standard InChI is InChI=1S/C14H9FINOS/c1-18-12-4-2-8(6-10(12)16)14-17-11-7-9(15)3-5-13(11)19-14/h2-7H,1H3. The molecule has 0 aliphatic carbocycles. The smallest absolute Gasteiger partial charge is 0.132 e. The molecule has 1 heterocycles. The van der Waals surface area contributed by atoms with Gasteiger partial charge < -0.3 is 4.74 Å². The highest BCUT2D eigenvalue weighted by Gasteiger charge is 2.09. The van der Waals surface area contributed by atoms with Crippen molar-refractivity contribution in [2.45, 2.75) is 0 Å². The van der Waals surface area contributed by atoms with Crippen molar-refractivity contribution in [3.8, 4) is 16.3 Å². The van der Waals surface area contributed by atoms with Gasteiger partial charge in [-0.1, -0.05) is 0 Å². The van der Waals surface area contributed by atoms with E-state index in [1.54, 1.807) is 24.5 Å². The lowest BCUT2D eigenvalue weighted by molar-refractivity contribution is 0.412. The van der Waals surface area contributed by atoms with Crippen LogP contribution in [-0.4, -0.2) is 12.1 Å². The molecule has 1 aromatic heterocycles. The fraction of sp³-hybridized carbons (Fsp3) is 0.0714. The van der Waals surface area contributed by atoms with E-state index in [2.05, 4.69) is 27.6 Å². The molecule has 0 bridgehead atoms. The third kappa shape index (κ3) is 2.44. The first-order valence-corrected chi connectivity index (χ1v) is 7.47. The maximum atomic E-state index is 13.2. The minimum Gasteiger partial charge on any atom is -0.496 e. The minimum absolute atomic E-state index is 0.256. The van der Waals surface area contributed by atoms with E-state index in [0.717, 1.165) is 24.6 Å². The number of halogens is 2. The van der Waals surface area contributed by atoms with Crippen molar-refractivity contribution >= 4 is 44.1 Å². The fourth-order valence-electron chi connectivity index (χ4n) is 1.82. The first-order valence-electron chi connectivity index (χ1n) is 5.57. The summed E-state index contributed by atoms with van der Waals surface area (Å²) >= 11 is 3.79. The van der Waals surface area contributed by atoms with Gasteiger partial charge in [0.25, 0.3) is 0 Å². The molecule has 96 valence electrons. The first-order chi connectivity index (χ1) is 9.17. The summed E-state index contributed by atoms with van der Waals surface area (Å²) in [4.78, 5) is 4.47. The van der Waals surface area contributed by atoms with Crippen molar-refractivity contribution in [3.05, 3.63) is 45.8 Å². The zero-order chi connectivity index (χ0) is 13.4. The molecule has 0 saturated heterocycles. The van der Waals surface area contributed by atoms with E-state index >= 15 is 0 Å². The number of ether oxygens (including phenoxy) is 1. The Morgan fingerprint density at radius 2 is 2.05 bits per heavy atom. The number of nitrogens with zero attached hydrogens (tertiary/aromatic N) is 1. The predicted molar refractivity (Wildman–Crippen MR) is 84.3 cm³/mol. The number of methoxy groups -OCH3 is 1. The molecule has 3 aromatic rings.